The first-order chi connectivity index (χ1) is 9.10. The van der Waals surface area contributed by atoms with Crippen molar-refractivity contribution in [3.05, 3.63) is 11.6 Å². The van der Waals surface area contributed by atoms with Gasteiger partial charge < -0.3 is 10.1 Å². The van der Waals surface area contributed by atoms with E-state index in [1.165, 1.54) is 5.57 Å². The fraction of sp³-hybridized carbons (Fsp3) is 0.846. The number of methoxy groups -OCH3 is 1. The first-order valence-electron chi connectivity index (χ1n) is 6.95. The van der Waals surface area contributed by atoms with E-state index in [2.05, 4.69) is 12.2 Å². The van der Waals surface area contributed by atoms with Crippen LogP contribution in [0, 0.1) is 0 Å². The predicted molar refractivity (Wildman–Crippen MR) is 77.7 cm³/mol. The molecule has 0 spiro atoms. The van der Waals surface area contributed by atoms with Crippen molar-refractivity contribution >= 4 is 10.0 Å². The minimum absolute atomic E-state index is 0.233. The molecule has 0 saturated carbocycles. The average molecular weight is 290 g/mol. The van der Waals surface area contributed by atoms with Crippen LogP contribution in [0.3, 0.4) is 0 Å². The maximum absolute atomic E-state index is 12.1. The first kappa shape index (κ1) is 16.6. The number of sulfonamides is 1. The van der Waals surface area contributed by atoms with Crippen molar-refractivity contribution in [3.8, 4) is 0 Å². The van der Waals surface area contributed by atoms with Crippen LogP contribution in [0.2, 0.25) is 0 Å². The van der Waals surface area contributed by atoms with Gasteiger partial charge in [0.05, 0.1) is 12.4 Å². The van der Waals surface area contributed by atoms with Crippen molar-refractivity contribution in [2.24, 2.45) is 0 Å². The largest absolute Gasteiger partial charge is 0.380 e. The van der Waals surface area contributed by atoms with E-state index in [4.69, 9.17) is 4.74 Å². The highest BCUT2D eigenvalue weighted by Gasteiger charge is 2.23. The van der Waals surface area contributed by atoms with Crippen molar-refractivity contribution in [1.29, 1.82) is 0 Å². The number of rotatable bonds is 9. The van der Waals surface area contributed by atoms with Gasteiger partial charge in [-0.05, 0) is 37.9 Å². The van der Waals surface area contributed by atoms with Gasteiger partial charge in [-0.3, -0.25) is 0 Å². The molecule has 1 aliphatic heterocycles. The molecule has 0 aliphatic carbocycles. The number of hydrogen-bond acceptors (Lipinski definition) is 4. The third-order valence-corrected chi connectivity index (χ3v) is 5.09. The fourth-order valence-corrected chi connectivity index (χ4v) is 3.51. The molecule has 112 valence electrons. The molecule has 1 N–H and O–H groups in total. The highest BCUT2D eigenvalue weighted by molar-refractivity contribution is 7.89. The van der Waals surface area contributed by atoms with E-state index in [9.17, 15) is 8.42 Å². The predicted octanol–water partition coefficient (Wildman–Crippen LogP) is 0.984. The Balaban J connectivity index is 2.34. The van der Waals surface area contributed by atoms with Crippen molar-refractivity contribution in [1.82, 2.24) is 9.62 Å². The Labute approximate surface area is 117 Å². The van der Waals surface area contributed by atoms with Gasteiger partial charge in [0.1, 0.15) is 0 Å². The molecule has 6 heteroatoms. The van der Waals surface area contributed by atoms with Crippen LogP contribution in [0.5, 0.6) is 0 Å². The summed E-state index contributed by atoms with van der Waals surface area (Å²) >= 11 is 0. The van der Waals surface area contributed by atoms with Crippen LogP contribution in [0.4, 0.5) is 0 Å². The molecule has 0 unspecified atom stereocenters. The number of nitrogens with one attached hydrogen (secondary N) is 1. The Hall–Kier alpha value is -0.430. The van der Waals surface area contributed by atoms with Gasteiger partial charge in [0.2, 0.25) is 10.0 Å². The molecule has 0 atom stereocenters. The van der Waals surface area contributed by atoms with Crippen molar-refractivity contribution in [2.45, 2.75) is 26.2 Å². The Kier molecular flexibility index (Phi) is 7.60. The molecule has 19 heavy (non-hydrogen) atoms. The number of ether oxygens (including phenoxy) is 1. The monoisotopic (exact) mass is 290 g/mol. The summed E-state index contributed by atoms with van der Waals surface area (Å²) in [6, 6.07) is 0. The van der Waals surface area contributed by atoms with Crippen molar-refractivity contribution in [3.63, 3.8) is 0 Å². The highest BCUT2D eigenvalue weighted by Crippen LogP contribution is 2.14. The van der Waals surface area contributed by atoms with Crippen LogP contribution >= 0.6 is 0 Å². The summed E-state index contributed by atoms with van der Waals surface area (Å²) in [5.41, 5.74) is 1.19. The van der Waals surface area contributed by atoms with Crippen LogP contribution in [0.15, 0.2) is 11.6 Å². The van der Waals surface area contributed by atoms with E-state index < -0.39 is 10.0 Å². The molecule has 1 rings (SSSR count). The molecule has 0 aromatic rings. The molecule has 1 aliphatic rings. The lowest BCUT2D eigenvalue weighted by molar-refractivity contribution is 0.219. The average Bonchev–Trinajstić information content (AvgIpc) is 2.39. The SMILES string of the molecule is CCCNCCCS(=O)(=O)N1CC=C(COC)CC1. The minimum Gasteiger partial charge on any atom is -0.380 e. The van der Waals surface area contributed by atoms with E-state index in [0.717, 1.165) is 25.9 Å². The second kappa shape index (κ2) is 8.68. The lowest BCUT2D eigenvalue weighted by atomic mass is 10.1. The molecular weight excluding hydrogens is 264 g/mol. The minimum atomic E-state index is -3.10. The summed E-state index contributed by atoms with van der Waals surface area (Å²) in [5, 5.41) is 3.22. The van der Waals surface area contributed by atoms with Gasteiger partial charge in [0.15, 0.2) is 0 Å². The third-order valence-electron chi connectivity index (χ3n) is 3.17. The Bertz CT molecular complexity index is 379. The second-order valence-electron chi connectivity index (χ2n) is 4.82. The fourth-order valence-electron chi connectivity index (χ4n) is 2.07. The summed E-state index contributed by atoms with van der Waals surface area (Å²) in [5.74, 6) is 0.233. The van der Waals surface area contributed by atoms with Crippen LogP contribution in [-0.2, 0) is 14.8 Å². The summed E-state index contributed by atoms with van der Waals surface area (Å²) in [6.45, 7) is 5.50. The van der Waals surface area contributed by atoms with E-state index in [-0.39, 0.29) is 5.75 Å². The molecule has 0 aromatic heterocycles. The molecule has 0 saturated heterocycles. The van der Waals surface area contributed by atoms with Crippen LogP contribution in [0.1, 0.15) is 26.2 Å². The van der Waals surface area contributed by atoms with E-state index in [1.54, 1.807) is 11.4 Å². The molecule has 0 bridgehead atoms. The zero-order valence-electron chi connectivity index (χ0n) is 12.0. The molecule has 1 heterocycles. The van der Waals surface area contributed by atoms with Gasteiger partial charge >= 0.3 is 0 Å². The summed E-state index contributed by atoms with van der Waals surface area (Å²) < 4.78 is 30.9. The zero-order chi connectivity index (χ0) is 14.1. The van der Waals surface area contributed by atoms with Crippen LogP contribution in [0.25, 0.3) is 0 Å². The maximum atomic E-state index is 12.1. The van der Waals surface area contributed by atoms with E-state index in [1.807, 2.05) is 6.08 Å². The van der Waals surface area contributed by atoms with Gasteiger partial charge in [0, 0.05) is 20.2 Å². The molecule has 0 amide bonds. The van der Waals surface area contributed by atoms with Crippen molar-refractivity contribution < 1.29 is 13.2 Å². The van der Waals surface area contributed by atoms with E-state index >= 15 is 0 Å². The zero-order valence-corrected chi connectivity index (χ0v) is 12.8. The van der Waals surface area contributed by atoms with Gasteiger partial charge in [-0.2, -0.15) is 4.31 Å². The van der Waals surface area contributed by atoms with Crippen LogP contribution in [-0.4, -0.2) is 58.4 Å². The summed E-state index contributed by atoms with van der Waals surface area (Å²) in [4.78, 5) is 0. The number of nitrogens with zero attached hydrogens (tertiary/aromatic N) is 1. The van der Waals surface area contributed by atoms with Gasteiger partial charge in [0.25, 0.3) is 0 Å². The third kappa shape index (κ3) is 6.03. The van der Waals surface area contributed by atoms with Crippen molar-refractivity contribution in [2.75, 3.05) is 45.6 Å². The highest BCUT2D eigenvalue weighted by atomic mass is 32.2. The Morgan fingerprint density at radius 1 is 1.42 bits per heavy atom. The van der Waals surface area contributed by atoms with Gasteiger partial charge in [-0.25, -0.2) is 8.42 Å². The normalized spacial score (nSPS) is 17.5. The van der Waals surface area contributed by atoms with Crippen LogP contribution < -0.4 is 5.32 Å². The summed E-state index contributed by atoms with van der Waals surface area (Å²) in [7, 11) is -1.44. The first-order valence-corrected chi connectivity index (χ1v) is 8.56. The Morgan fingerprint density at radius 2 is 2.21 bits per heavy atom. The quantitative estimate of drug-likeness (QED) is 0.508. The van der Waals surface area contributed by atoms with E-state index in [0.29, 0.717) is 26.1 Å². The lowest BCUT2D eigenvalue weighted by Crippen LogP contribution is -2.37. The molecular formula is C13H26N2O3S. The van der Waals surface area contributed by atoms with Gasteiger partial charge in [-0.1, -0.05) is 13.0 Å². The maximum Gasteiger partial charge on any atom is 0.214 e. The standard InChI is InChI=1S/C13H26N2O3S/c1-3-7-14-8-4-11-19(16,17)15-9-5-13(6-10-15)12-18-2/h5,14H,3-4,6-12H2,1-2H3. The molecule has 0 fully saturated rings. The lowest BCUT2D eigenvalue weighted by Gasteiger charge is -2.25. The number of hydrogen-bond donors (Lipinski definition) is 1. The Morgan fingerprint density at radius 3 is 2.79 bits per heavy atom. The molecule has 0 radical (unpaired) electrons. The van der Waals surface area contributed by atoms with Gasteiger partial charge in [-0.15, -0.1) is 0 Å². The molecule has 0 aromatic carbocycles. The smallest absolute Gasteiger partial charge is 0.214 e. The second-order valence-corrected chi connectivity index (χ2v) is 6.91. The topological polar surface area (TPSA) is 58.6 Å². The molecule has 5 nitrogen and oxygen atoms in total. The summed E-state index contributed by atoms with van der Waals surface area (Å²) in [6.07, 6.45) is 4.50.